The molecule has 2 heterocycles. The largest absolute Gasteiger partial charge is 0.433 e. The molecule has 0 saturated carbocycles. The molecule has 1 aromatic heterocycles. The van der Waals surface area contributed by atoms with Crippen molar-refractivity contribution in [3.8, 4) is 0 Å². The predicted octanol–water partition coefficient (Wildman–Crippen LogP) is 2.23. The quantitative estimate of drug-likeness (QED) is 0.911. The number of nitrogens with zero attached hydrogens (tertiary/aromatic N) is 2. The minimum Gasteiger partial charge on any atom is -0.337 e. The number of aryl methyl sites for hydroxylation is 1. The zero-order valence-corrected chi connectivity index (χ0v) is 12.0. The molecule has 0 radical (unpaired) electrons. The van der Waals surface area contributed by atoms with Gasteiger partial charge in [0.15, 0.2) is 0 Å². The van der Waals surface area contributed by atoms with Gasteiger partial charge in [0.25, 0.3) is 5.91 Å². The third kappa shape index (κ3) is 3.53. The molecule has 0 aliphatic carbocycles. The molecule has 1 aromatic rings. The first-order valence-electron chi connectivity index (χ1n) is 6.84. The van der Waals surface area contributed by atoms with Crippen molar-refractivity contribution >= 4 is 5.91 Å². The molecule has 1 amide bonds. The van der Waals surface area contributed by atoms with E-state index in [4.69, 9.17) is 0 Å². The molecule has 1 saturated heterocycles. The summed E-state index contributed by atoms with van der Waals surface area (Å²) in [6.45, 7) is 2.62. The Labute approximate surface area is 121 Å². The number of hydrogen-bond acceptors (Lipinski definition) is 3. The molecule has 1 aliphatic rings. The summed E-state index contributed by atoms with van der Waals surface area (Å²) in [5, 5.41) is 3.13. The van der Waals surface area contributed by atoms with E-state index in [1.165, 1.54) is 13.0 Å². The van der Waals surface area contributed by atoms with E-state index in [0.717, 1.165) is 18.9 Å². The average Bonchev–Trinajstić information content (AvgIpc) is 2.45. The molecule has 1 unspecified atom stereocenters. The van der Waals surface area contributed by atoms with Crippen molar-refractivity contribution in [3.05, 3.63) is 29.1 Å². The number of halogens is 3. The van der Waals surface area contributed by atoms with Crippen LogP contribution in [0.3, 0.4) is 0 Å². The summed E-state index contributed by atoms with van der Waals surface area (Å²) in [5.74, 6) is -0.256. The van der Waals surface area contributed by atoms with Gasteiger partial charge in [-0.1, -0.05) is 0 Å². The van der Waals surface area contributed by atoms with Gasteiger partial charge in [0.1, 0.15) is 5.69 Å². The van der Waals surface area contributed by atoms with Crippen molar-refractivity contribution in [3.63, 3.8) is 0 Å². The Hall–Kier alpha value is -1.63. The highest BCUT2D eigenvalue weighted by molar-refractivity contribution is 5.95. The minimum absolute atomic E-state index is 0.112. The summed E-state index contributed by atoms with van der Waals surface area (Å²) >= 11 is 0. The highest BCUT2D eigenvalue weighted by atomic mass is 19.4. The Morgan fingerprint density at radius 3 is 2.71 bits per heavy atom. The van der Waals surface area contributed by atoms with Gasteiger partial charge < -0.3 is 10.2 Å². The molecule has 1 aliphatic heterocycles. The Morgan fingerprint density at radius 1 is 1.43 bits per heavy atom. The van der Waals surface area contributed by atoms with Crippen molar-refractivity contribution in [2.45, 2.75) is 32.0 Å². The normalized spacial score (nSPS) is 19.7. The number of rotatable bonds is 2. The number of hydrogen-bond donors (Lipinski definition) is 1. The van der Waals surface area contributed by atoms with E-state index in [1.807, 2.05) is 7.05 Å². The summed E-state index contributed by atoms with van der Waals surface area (Å²) in [6, 6.07) is 2.31. The lowest BCUT2D eigenvalue weighted by molar-refractivity contribution is -0.141. The fraction of sp³-hybridized carbons (Fsp3) is 0.571. The van der Waals surface area contributed by atoms with Crippen LogP contribution in [-0.2, 0) is 6.18 Å². The van der Waals surface area contributed by atoms with Crippen molar-refractivity contribution in [2.24, 2.45) is 0 Å². The van der Waals surface area contributed by atoms with E-state index in [2.05, 4.69) is 10.3 Å². The molecule has 0 aromatic carbocycles. The van der Waals surface area contributed by atoms with E-state index >= 15 is 0 Å². The lowest BCUT2D eigenvalue weighted by atomic mass is 10.0. The van der Waals surface area contributed by atoms with Crippen molar-refractivity contribution in [1.82, 2.24) is 15.2 Å². The maximum absolute atomic E-state index is 12.6. The Balaban J connectivity index is 2.20. The maximum Gasteiger partial charge on any atom is 0.433 e. The highest BCUT2D eigenvalue weighted by Crippen LogP contribution is 2.28. The molecule has 2 rings (SSSR count). The monoisotopic (exact) mass is 301 g/mol. The number of pyridine rings is 1. The Bertz CT molecular complexity index is 531. The van der Waals surface area contributed by atoms with Crippen LogP contribution in [0.1, 0.15) is 34.6 Å². The molecule has 4 nitrogen and oxygen atoms in total. The molecule has 116 valence electrons. The molecule has 0 bridgehead atoms. The van der Waals surface area contributed by atoms with Gasteiger partial charge in [0.05, 0.1) is 11.3 Å². The third-order valence-corrected chi connectivity index (χ3v) is 3.72. The van der Waals surface area contributed by atoms with Gasteiger partial charge in [-0.2, -0.15) is 13.2 Å². The van der Waals surface area contributed by atoms with Crippen molar-refractivity contribution in [1.29, 1.82) is 0 Å². The van der Waals surface area contributed by atoms with Gasteiger partial charge in [-0.25, -0.2) is 4.98 Å². The second-order valence-electron chi connectivity index (χ2n) is 5.21. The summed E-state index contributed by atoms with van der Waals surface area (Å²) in [4.78, 5) is 17.6. The lowest BCUT2D eigenvalue weighted by Gasteiger charge is -2.32. The van der Waals surface area contributed by atoms with E-state index < -0.39 is 11.9 Å². The Kier molecular flexibility index (Phi) is 4.51. The lowest BCUT2D eigenvalue weighted by Crippen LogP contribution is -2.47. The Morgan fingerprint density at radius 2 is 2.14 bits per heavy atom. The first-order valence-corrected chi connectivity index (χ1v) is 6.84. The van der Waals surface area contributed by atoms with Gasteiger partial charge >= 0.3 is 6.18 Å². The predicted molar refractivity (Wildman–Crippen MR) is 72.0 cm³/mol. The number of carbonyl (C=O) groups excluding carboxylic acids is 1. The molecule has 0 spiro atoms. The van der Waals surface area contributed by atoms with Gasteiger partial charge in [0.2, 0.25) is 0 Å². The number of likely N-dealkylation sites (N-methyl/N-ethyl adjacent to an activating group) is 1. The fourth-order valence-electron chi connectivity index (χ4n) is 2.51. The van der Waals surface area contributed by atoms with E-state index in [0.29, 0.717) is 13.1 Å². The van der Waals surface area contributed by atoms with Gasteiger partial charge in [-0.05, 0) is 38.9 Å². The molecule has 1 atom stereocenters. The van der Waals surface area contributed by atoms with Crippen LogP contribution in [0.5, 0.6) is 0 Å². The van der Waals surface area contributed by atoms with Crippen LogP contribution >= 0.6 is 0 Å². The van der Waals surface area contributed by atoms with Crippen LogP contribution in [0.4, 0.5) is 13.2 Å². The zero-order chi connectivity index (χ0) is 15.6. The first kappa shape index (κ1) is 15.8. The van der Waals surface area contributed by atoms with Crippen molar-refractivity contribution in [2.75, 3.05) is 20.1 Å². The zero-order valence-electron chi connectivity index (χ0n) is 12.0. The number of piperidine rings is 1. The standard InChI is InChI=1S/C14H18F3N3O/c1-9-11(5-6-12(19-9)14(15,16)17)13(21)20-7-3-4-10(8-20)18-2/h5-6,10,18H,3-4,7-8H2,1-2H3. The SMILES string of the molecule is CNC1CCCN(C(=O)c2ccc(C(F)(F)F)nc2C)C1. The number of nitrogens with one attached hydrogen (secondary N) is 1. The van der Waals surface area contributed by atoms with Gasteiger partial charge in [-0.3, -0.25) is 4.79 Å². The molecular weight excluding hydrogens is 283 g/mol. The minimum atomic E-state index is -4.49. The van der Waals surface area contributed by atoms with E-state index in [9.17, 15) is 18.0 Å². The van der Waals surface area contributed by atoms with Crippen LogP contribution in [0.15, 0.2) is 12.1 Å². The second-order valence-corrected chi connectivity index (χ2v) is 5.21. The fourth-order valence-corrected chi connectivity index (χ4v) is 2.51. The van der Waals surface area contributed by atoms with Crippen molar-refractivity contribution < 1.29 is 18.0 Å². The van der Waals surface area contributed by atoms with Crippen LogP contribution in [0, 0.1) is 6.92 Å². The van der Waals surface area contributed by atoms with Crippen LogP contribution in [0.25, 0.3) is 0 Å². The smallest absolute Gasteiger partial charge is 0.337 e. The maximum atomic E-state index is 12.6. The van der Waals surface area contributed by atoms with Crippen LogP contribution < -0.4 is 5.32 Å². The third-order valence-electron chi connectivity index (χ3n) is 3.72. The second kappa shape index (κ2) is 6.01. The van der Waals surface area contributed by atoms with Crippen LogP contribution in [0.2, 0.25) is 0 Å². The van der Waals surface area contributed by atoms with Gasteiger partial charge in [0, 0.05) is 19.1 Å². The first-order chi connectivity index (χ1) is 9.82. The summed E-state index contributed by atoms with van der Waals surface area (Å²) in [7, 11) is 1.84. The summed E-state index contributed by atoms with van der Waals surface area (Å²) in [5.41, 5.74) is -0.621. The van der Waals surface area contributed by atoms with Crippen LogP contribution in [-0.4, -0.2) is 42.0 Å². The number of aromatic nitrogens is 1. The molecule has 1 N–H and O–H groups in total. The number of likely N-dealkylation sites (tertiary alicyclic amines) is 1. The van der Waals surface area contributed by atoms with E-state index in [-0.39, 0.29) is 23.2 Å². The molecule has 7 heteroatoms. The topological polar surface area (TPSA) is 45.2 Å². The highest BCUT2D eigenvalue weighted by Gasteiger charge is 2.33. The van der Waals surface area contributed by atoms with E-state index in [1.54, 1.807) is 4.90 Å². The molecular formula is C14H18F3N3O. The summed E-state index contributed by atoms with van der Waals surface area (Å²) < 4.78 is 37.8. The number of carbonyl (C=O) groups is 1. The summed E-state index contributed by atoms with van der Waals surface area (Å²) in [6.07, 6.45) is -2.62. The number of alkyl halides is 3. The number of amides is 1. The van der Waals surface area contributed by atoms with Gasteiger partial charge in [-0.15, -0.1) is 0 Å². The molecule has 1 fully saturated rings. The molecule has 21 heavy (non-hydrogen) atoms. The average molecular weight is 301 g/mol.